The van der Waals surface area contributed by atoms with Crippen LogP contribution in [0.25, 0.3) is 0 Å². The van der Waals surface area contributed by atoms with Crippen molar-refractivity contribution in [2.24, 2.45) is 0 Å². The zero-order valence-corrected chi connectivity index (χ0v) is 17.0. The van der Waals surface area contributed by atoms with Crippen molar-refractivity contribution < 1.29 is 42.1 Å². The Bertz CT molecular complexity index is 413. The number of benzene rings is 1. The van der Waals surface area contributed by atoms with Crippen LogP contribution in [0.5, 0.6) is 0 Å². The topological polar surface area (TPSA) is 0 Å². The quantitative estimate of drug-likeness (QED) is 0.347. The molecule has 1 aromatic rings. The summed E-state index contributed by atoms with van der Waals surface area (Å²) in [5.74, 6) is 0. The number of hydrogen-bond acceptors (Lipinski definition) is 0. The Labute approximate surface area is 137 Å². The first kappa shape index (κ1) is 24.4. The molecule has 1 aromatic carbocycles. The Morgan fingerprint density at radius 2 is 1.05 bits per heavy atom. The van der Waals surface area contributed by atoms with Crippen LogP contribution in [0.3, 0.4) is 0 Å². The van der Waals surface area contributed by atoms with E-state index >= 15 is 4.20 Å². The fraction of sp³-hybridized carbons (Fsp3) is 0.571. The molecule has 0 saturated carbocycles. The first-order valence-corrected chi connectivity index (χ1v) is 11.9. The van der Waals surface area contributed by atoms with Gasteiger partial charge in [-0.05, 0) is 53.7 Å². The molecule has 130 valence electrons. The minimum absolute atomic E-state index is 0. The molecule has 0 fully saturated rings. The molecule has 0 aromatic heterocycles. The van der Waals surface area contributed by atoms with E-state index in [1.54, 1.807) is 0 Å². The molecule has 0 aliphatic rings. The average Bonchev–Trinajstić information content (AvgIpc) is 2.23. The first-order chi connectivity index (χ1) is 9.11. The Morgan fingerprint density at radius 1 is 0.773 bits per heavy atom. The van der Waals surface area contributed by atoms with Gasteiger partial charge >= 0.3 is 33.2 Å². The van der Waals surface area contributed by atoms with Gasteiger partial charge in [0.15, 0.2) is 0 Å². The van der Waals surface area contributed by atoms with Crippen LogP contribution in [-0.4, -0.2) is 10.3 Å². The molecule has 0 heterocycles. The van der Waals surface area contributed by atoms with E-state index in [1.165, 1.54) is 0 Å². The van der Waals surface area contributed by atoms with Gasteiger partial charge in [-0.25, -0.2) is 0 Å². The van der Waals surface area contributed by atoms with E-state index in [2.05, 4.69) is 0 Å². The van der Waals surface area contributed by atoms with E-state index in [4.69, 9.17) is 0 Å². The summed E-state index contributed by atoms with van der Waals surface area (Å²) < 4.78 is 55.2. The summed E-state index contributed by atoms with van der Waals surface area (Å²) in [4.78, 5) is 0. The Hall–Kier alpha value is 0.113. The second-order valence-electron chi connectivity index (χ2n) is 6.69. The molecule has 0 spiro atoms. The van der Waals surface area contributed by atoms with Crippen LogP contribution in [0, 0.1) is 0 Å². The van der Waals surface area contributed by atoms with Gasteiger partial charge in [-0.3, -0.25) is 4.70 Å². The molecule has 0 radical (unpaired) electrons. The molecular formula is C14H24F6PZr+. The maximum absolute atomic E-state index is 15.6. The fourth-order valence-corrected chi connectivity index (χ4v) is 6.56. The van der Waals surface area contributed by atoms with Gasteiger partial charge in [-0.1, -0.05) is 22.4 Å². The molecule has 0 atom stereocenters. The third-order valence-corrected chi connectivity index (χ3v) is 7.67. The SMILES string of the molecule is CC(C)(C)[P+](F)(c1ccccc1)C(C)(C)C.F.[F][Zr]([F])([F])[F]. The Morgan fingerprint density at radius 3 is 1.27 bits per heavy atom. The van der Waals surface area contributed by atoms with Crippen LogP contribution in [0.1, 0.15) is 41.5 Å². The van der Waals surface area contributed by atoms with Crippen molar-refractivity contribution in [1.82, 2.24) is 0 Å². The minimum atomic E-state index is -7.18. The molecule has 22 heavy (non-hydrogen) atoms. The molecule has 0 amide bonds. The second-order valence-corrected chi connectivity index (χ2v) is 13.2. The summed E-state index contributed by atoms with van der Waals surface area (Å²) in [6.45, 7) is 12.1. The van der Waals surface area contributed by atoms with Crippen molar-refractivity contribution in [3.8, 4) is 0 Å². The van der Waals surface area contributed by atoms with Crippen molar-refractivity contribution in [3.63, 3.8) is 0 Å². The zero-order valence-electron chi connectivity index (χ0n) is 13.6. The van der Waals surface area contributed by atoms with E-state index in [1.807, 2.05) is 71.9 Å². The molecule has 0 saturated heterocycles. The molecular weight excluding hydrogens is 404 g/mol. The first-order valence-electron chi connectivity index (χ1n) is 6.51. The van der Waals surface area contributed by atoms with Crippen molar-refractivity contribution in [2.75, 3.05) is 0 Å². The third kappa shape index (κ3) is 7.12. The monoisotopic (exact) mass is 427 g/mol. The summed E-state index contributed by atoms with van der Waals surface area (Å²) in [5, 5.41) is 0.258. The van der Waals surface area contributed by atoms with Crippen molar-refractivity contribution in [1.29, 1.82) is 0 Å². The molecule has 1 rings (SSSR count). The van der Waals surface area contributed by atoms with Gasteiger partial charge in [0.05, 0.1) is 0 Å². The predicted octanol–water partition coefficient (Wildman–Crippen LogP) is 6.64. The van der Waals surface area contributed by atoms with Crippen LogP contribution in [0.15, 0.2) is 30.3 Å². The van der Waals surface area contributed by atoms with Gasteiger partial charge in [0.2, 0.25) is 7.57 Å². The standard InChI is InChI=1S/C14H23FP.5FH.Zr/c1-13(2,3)16(15,14(4,5)6)12-10-8-7-9-11-12;;;;;;/h7-11H,1-6H3;5*1H;/q+1;;;;;;+4/p-4. The maximum atomic E-state index is 15.6. The summed E-state index contributed by atoms with van der Waals surface area (Å²) in [6.07, 6.45) is 0. The fourth-order valence-electron chi connectivity index (χ4n) is 2.41. The van der Waals surface area contributed by atoms with Crippen LogP contribution < -0.4 is 5.30 Å². The number of hydrogen-bond donors (Lipinski definition) is 0. The van der Waals surface area contributed by atoms with Gasteiger partial charge < -0.3 is 0 Å². The van der Waals surface area contributed by atoms with Gasteiger partial charge in [0, 0.05) is 0 Å². The summed E-state index contributed by atoms with van der Waals surface area (Å²) in [5.41, 5.74) is 0. The van der Waals surface area contributed by atoms with Crippen LogP contribution >= 0.6 is 7.57 Å². The molecule has 0 bridgehead atoms. The van der Waals surface area contributed by atoms with Gasteiger partial charge in [-0.15, -0.1) is 0 Å². The van der Waals surface area contributed by atoms with Crippen molar-refractivity contribution in [2.45, 2.75) is 51.9 Å². The van der Waals surface area contributed by atoms with E-state index < -0.39 is 30.3 Å². The normalized spacial score (nSPS) is 12.9. The van der Waals surface area contributed by atoms with E-state index in [-0.39, 0.29) is 15.0 Å². The molecule has 0 aliphatic heterocycles. The predicted molar refractivity (Wildman–Crippen MR) is 80.5 cm³/mol. The summed E-state index contributed by atoms with van der Waals surface area (Å²) in [6, 6.07) is 9.68. The van der Waals surface area contributed by atoms with Crippen LogP contribution in [0.2, 0.25) is 0 Å². The van der Waals surface area contributed by atoms with E-state index in [0.29, 0.717) is 0 Å². The molecule has 0 nitrogen and oxygen atoms in total. The van der Waals surface area contributed by atoms with E-state index in [9.17, 15) is 10.5 Å². The Balaban J connectivity index is 0. The summed E-state index contributed by atoms with van der Waals surface area (Å²) in [7, 11) is -2.69. The average molecular weight is 429 g/mol. The van der Waals surface area contributed by atoms with Crippen molar-refractivity contribution in [3.05, 3.63) is 30.3 Å². The molecule has 8 heteroatoms. The molecule has 0 N–H and O–H groups in total. The Kier molecular flexibility index (Phi) is 9.17. The van der Waals surface area contributed by atoms with Gasteiger partial charge in [0.1, 0.15) is 15.6 Å². The summed E-state index contributed by atoms with van der Waals surface area (Å²) >= 11 is -7.18. The molecule has 0 unspecified atom stereocenters. The van der Waals surface area contributed by atoms with Crippen LogP contribution in [-0.2, 0) is 22.7 Å². The van der Waals surface area contributed by atoms with Gasteiger partial charge in [-0.2, -0.15) is 0 Å². The number of halogens is 6. The second kappa shape index (κ2) is 8.28. The third-order valence-electron chi connectivity index (χ3n) is 2.96. The molecule has 0 aliphatic carbocycles. The van der Waals surface area contributed by atoms with Crippen LogP contribution in [0.4, 0.5) is 19.4 Å². The zero-order chi connectivity index (χ0) is 17.1. The van der Waals surface area contributed by atoms with E-state index in [0.717, 1.165) is 5.30 Å². The van der Waals surface area contributed by atoms with Gasteiger partial charge in [0.25, 0.3) is 0 Å². The van der Waals surface area contributed by atoms with Crippen molar-refractivity contribution >= 4 is 12.9 Å². The number of rotatable bonds is 1.